The highest BCUT2D eigenvalue weighted by Crippen LogP contribution is 2.52. The van der Waals surface area contributed by atoms with E-state index in [0.717, 1.165) is 22.5 Å². The number of fused-ring (bicyclic) bond motifs is 3. The van der Waals surface area contributed by atoms with Crippen molar-refractivity contribution < 1.29 is 13.4 Å². The van der Waals surface area contributed by atoms with Crippen LogP contribution in [-0.2, 0) is 17.8 Å². The molecular formula is C31H31N4O+. The van der Waals surface area contributed by atoms with Crippen molar-refractivity contribution >= 4 is 0 Å². The van der Waals surface area contributed by atoms with Crippen molar-refractivity contribution in [2.24, 2.45) is 6.98 Å². The summed E-state index contributed by atoms with van der Waals surface area (Å²) in [6.45, 7) is 6.95. The Morgan fingerprint density at radius 1 is 0.889 bits per heavy atom. The molecule has 0 aliphatic carbocycles. The third-order valence-corrected chi connectivity index (χ3v) is 7.87. The summed E-state index contributed by atoms with van der Waals surface area (Å²) in [6, 6.07) is 24.2. The van der Waals surface area contributed by atoms with Gasteiger partial charge in [-0.25, -0.2) is 13.8 Å². The van der Waals surface area contributed by atoms with Gasteiger partial charge in [0.2, 0.25) is 6.33 Å². The first-order chi connectivity index (χ1) is 18.5. The summed E-state index contributed by atoms with van der Waals surface area (Å²) in [4.78, 5) is 0. The maximum atomic E-state index is 7.62. The molecule has 2 aromatic heterocycles. The second-order valence-electron chi connectivity index (χ2n) is 10.4. The van der Waals surface area contributed by atoms with Crippen molar-refractivity contribution in [1.29, 1.82) is 0 Å². The molecular weight excluding hydrogens is 444 g/mol. The molecule has 5 aromatic rings. The first kappa shape index (κ1) is 19.1. The minimum Gasteiger partial charge on any atom is -0.457 e. The van der Waals surface area contributed by atoms with Crippen LogP contribution >= 0.6 is 0 Å². The Bertz CT molecular complexity index is 1680. The number of hydrogen-bond donors (Lipinski definition) is 0. The van der Waals surface area contributed by atoms with Crippen molar-refractivity contribution in [3.8, 4) is 34.0 Å². The molecule has 36 heavy (non-hydrogen) atoms. The molecule has 0 unspecified atom stereocenters. The van der Waals surface area contributed by atoms with Crippen LogP contribution in [0.25, 0.3) is 22.5 Å². The van der Waals surface area contributed by atoms with E-state index in [9.17, 15) is 0 Å². The van der Waals surface area contributed by atoms with Crippen LogP contribution in [-0.4, -0.2) is 14.3 Å². The summed E-state index contributed by atoms with van der Waals surface area (Å²) in [5.74, 6) is 1.36. The summed E-state index contributed by atoms with van der Waals surface area (Å²) in [5.41, 5.74) is 6.16. The molecule has 3 heterocycles. The van der Waals surface area contributed by atoms with Crippen LogP contribution < -0.4 is 9.30 Å². The average Bonchev–Trinajstić information content (AvgIpc) is 3.57. The van der Waals surface area contributed by atoms with Gasteiger partial charge in [0.15, 0.2) is 0 Å². The van der Waals surface area contributed by atoms with Gasteiger partial charge >= 0.3 is 0 Å². The number of rotatable bonds is 4. The molecule has 0 fully saturated rings. The number of aryl methyl sites for hydroxylation is 1. The Morgan fingerprint density at radius 2 is 1.69 bits per heavy atom. The highest BCUT2D eigenvalue weighted by atomic mass is 16.5. The van der Waals surface area contributed by atoms with Gasteiger partial charge in [-0.15, -0.1) is 0 Å². The van der Waals surface area contributed by atoms with E-state index in [-0.39, 0.29) is 10.8 Å². The van der Waals surface area contributed by atoms with Crippen LogP contribution in [0.15, 0.2) is 97.7 Å². The van der Waals surface area contributed by atoms with E-state index in [1.807, 2.05) is 42.6 Å². The largest absolute Gasteiger partial charge is 0.457 e. The highest BCUT2D eigenvalue weighted by molar-refractivity contribution is 5.71. The van der Waals surface area contributed by atoms with Crippen LogP contribution in [0.2, 0.25) is 0 Å². The monoisotopic (exact) mass is 478 g/mol. The van der Waals surface area contributed by atoms with Crippen LogP contribution in [0.1, 0.15) is 43.1 Å². The minimum absolute atomic E-state index is 0.160. The van der Waals surface area contributed by atoms with E-state index >= 15 is 0 Å². The van der Waals surface area contributed by atoms with E-state index in [1.54, 1.807) is 23.3 Å². The van der Waals surface area contributed by atoms with Crippen LogP contribution in [0, 0.1) is 0 Å². The summed E-state index contributed by atoms with van der Waals surface area (Å²) >= 11 is 0. The zero-order valence-corrected chi connectivity index (χ0v) is 20.9. The third-order valence-electron chi connectivity index (χ3n) is 7.87. The molecule has 6 rings (SSSR count). The first-order valence-corrected chi connectivity index (χ1v) is 12.1. The van der Waals surface area contributed by atoms with Crippen molar-refractivity contribution in [3.05, 3.63) is 109 Å². The molecule has 3 aromatic carbocycles. The zero-order valence-electron chi connectivity index (χ0n) is 23.9. The second-order valence-corrected chi connectivity index (χ2v) is 10.4. The molecule has 1 aliphatic rings. The van der Waals surface area contributed by atoms with Gasteiger partial charge in [-0.3, -0.25) is 0 Å². The quantitative estimate of drug-likeness (QED) is 0.276. The predicted molar refractivity (Wildman–Crippen MR) is 142 cm³/mol. The summed E-state index contributed by atoms with van der Waals surface area (Å²) in [5, 5.41) is 4.87. The van der Waals surface area contributed by atoms with E-state index in [4.69, 9.17) is 13.9 Å². The number of benzene rings is 3. The van der Waals surface area contributed by atoms with Crippen molar-refractivity contribution in [3.63, 3.8) is 0 Å². The smallest absolute Gasteiger partial charge is 0.248 e. The lowest BCUT2D eigenvalue weighted by Crippen LogP contribution is -2.46. The maximum absolute atomic E-state index is 7.62. The molecule has 0 amide bonds. The molecule has 0 spiro atoms. The van der Waals surface area contributed by atoms with E-state index in [2.05, 4.69) is 68.8 Å². The maximum Gasteiger partial charge on any atom is 0.248 e. The van der Waals surface area contributed by atoms with Crippen LogP contribution in [0.4, 0.5) is 0 Å². The molecule has 5 nitrogen and oxygen atoms in total. The van der Waals surface area contributed by atoms with Gasteiger partial charge in [-0.1, -0.05) is 70.2 Å². The fourth-order valence-corrected chi connectivity index (χ4v) is 5.22. The minimum atomic E-state index is -2.23. The fraction of sp³-hybridized carbons (Fsp3) is 0.226. The Morgan fingerprint density at radius 3 is 2.47 bits per heavy atom. The van der Waals surface area contributed by atoms with Gasteiger partial charge < -0.3 is 4.74 Å². The number of hydrogen-bond acceptors (Lipinski definition) is 2. The van der Waals surface area contributed by atoms with E-state index in [1.165, 1.54) is 15.8 Å². The van der Waals surface area contributed by atoms with Crippen LogP contribution in [0.5, 0.6) is 11.5 Å². The molecule has 5 heteroatoms. The van der Waals surface area contributed by atoms with Crippen LogP contribution in [0.3, 0.4) is 0 Å². The number of imidazole rings is 1. The fourth-order valence-electron chi connectivity index (χ4n) is 5.22. The molecule has 1 aliphatic heterocycles. The summed E-state index contributed by atoms with van der Waals surface area (Å²) < 4.78 is 34.2. The first-order valence-electron chi connectivity index (χ1n) is 13.6. The van der Waals surface area contributed by atoms with Crippen molar-refractivity contribution in [2.75, 3.05) is 0 Å². The molecule has 0 N–H and O–H groups in total. The Labute approximate surface area is 216 Å². The van der Waals surface area contributed by atoms with Crippen molar-refractivity contribution in [2.45, 2.75) is 38.5 Å². The summed E-state index contributed by atoms with van der Waals surface area (Å²) in [6.07, 6.45) is 6.78. The second kappa shape index (κ2) is 7.95. The topological polar surface area (TPSA) is 35.9 Å². The average molecular weight is 479 g/mol. The van der Waals surface area contributed by atoms with Gasteiger partial charge in [0.05, 0.1) is 28.7 Å². The number of ether oxygens (including phenoxy) is 1. The summed E-state index contributed by atoms with van der Waals surface area (Å²) in [7, 11) is 0. The molecule has 0 bridgehead atoms. The Hall–Kier alpha value is -4.12. The van der Waals surface area contributed by atoms with Crippen molar-refractivity contribution in [1.82, 2.24) is 14.3 Å². The third kappa shape index (κ3) is 3.38. The number of nitrogens with zero attached hydrogens (tertiary/aromatic N) is 4. The molecule has 0 saturated heterocycles. The number of aromatic nitrogens is 4. The SMILES string of the molecule is [2H]C([2H])([2H])[n+]1ccn(-c2cccc(Oc3ccc4c(c3)-n3ncc(-c5ccccc5)c3C(C)(C)C4(C)C)c2)c1. The van der Waals surface area contributed by atoms with Gasteiger partial charge in [0.25, 0.3) is 0 Å². The lowest BCUT2D eigenvalue weighted by molar-refractivity contribution is -0.670. The normalized spacial score (nSPS) is 16.8. The standard InChI is InChI=1S/C31H31N4O/c1-30(2)27-15-14-25(36-24-13-9-12-23(18-24)34-17-16-33(5)21-34)19-28(27)35-29(31(30,3)4)26(20-32-35)22-10-7-6-8-11-22/h6-21H,1-5H3/q+1/i5D3. The predicted octanol–water partition coefficient (Wildman–Crippen LogP) is 6.52. The highest BCUT2D eigenvalue weighted by Gasteiger charge is 2.48. The van der Waals surface area contributed by atoms with Gasteiger partial charge in [0.1, 0.15) is 29.6 Å². The molecule has 0 saturated carbocycles. The molecule has 0 atom stereocenters. The van der Waals surface area contributed by atoms with E-state index < -0.39 is 6.98 Å². The Balaban J connectivity index is 1.39. The van der Waals surface area contributed by atoms with Gasteiger partial charge in [0, 0.05) is 28.5 Å². The zero-order chi connectivity index (χ0) is 27.6. The molecule has 180 valence electrons. The lowest BCUT2D eigenvalue weighted by atomic mass is 9.59. The van der Waals surface area contributed by atoms with Gasteiger partial charge in [-0.2, -0.15) is 5.10 Å². The molecule has 0 radical (unpaired) electrons. The van der Waals surface area contributed by atoms with Gasteiger partial charge in [-0.05, 0) is 29.3 Å². The lowest BCUT2D eigenvalue weighted by Gasteiger charge is -2.47. The Kier molecular flexibility index (Phi) is 4.22. The van der Waals surface area contributed by atoms with E-state index in [0.29, 0.717) is 11.5 Å².